The molecule has 1 amide bonds. The van der Waals surface area contributed by atoms with Gasteiger partial charge in [0, 0.05) is 6.54 Å². The van der Waals surface area contributed by atoms with Crippen molar-refractivity contribution in [3.63, 3.8) is 0 Å². The molecule has 0 aliphatic carbocycles. The van der Waals surface area contributed by atoms with Gasteiger partial charge in [-0.15, -0.1) is 16.4 Å². The first-order valence-corrected chi connectivity index (χ1v) is 7.52. The monoisotopic (exact) mass is 298 g/mol. The van der Waals surface area contributed by atoms with Crippen molar-refractivity contribution in [2.45, 2.75) is 6.92 Å². The number of hydrogen-bond donors (Lipinski definition) is 1. The van der Waals surface area contributed by atoms with Gasteiger partial charge < -0.3 is 5.32 Å². The Morgan fingerprint density at radius 1 is 1.24 bits per heavy atom. The van der Waals surface area contributed by atoms with Crippen molar-refractivity contribution in [3.8, 4) is 16.4 Å². The number of amides is 1. The van der Waals surface area contributed by atoms with Crippen LogP contribution in [0.1, 0.15) is 17.5 Å². The van der Waals surface area contributed by atoms with Gasteiger partial charge in [0.2, 0.25) is 5.82 Å². The van der Waals surface area contributed by atoms with E-state index in [0.29, 0.717) is 12.4 Å². The van der Waals surface area contributed by atoms with E-state index in [1.165, 1.54) is 0 Å². The highest BCUT2D eigenvalue weighted by Crippen LogP contribution is 2.25. The molecule has 0 spiro atoms. The second-order valence-electron chi connectivity index (χ2n) is 4.34. The van der Waals surface area contributed by atoms with Gasteiger partial charge in [0.1, 0.15) is 0 Å². The zero-order chi connectivity index (χ0) is 14.7. The summed E-state index contributed by atoms with van der Waals surface area (Å²) in [5, 5.41) is 9.06. The van der Waals surface area contributed by atoms with E-state index in [1.54, 1.807) is 16.0 Å². The summed E-state index contributed by atoms with van der Waals surface area (Å²) in [7, 11) is 0. The van der Waals surface area contributed by atoms with E-state index < -0.39 is 0 Å². The number of carbonyl (C=O) groups is 1. The Kier molecular flexibility index (Phi) is 3.79. The molecule has 6 heteroatoms. The topological polar surface area (TPSA) is 59.8 Å². The normalized spacial score (nSPS) is 10.5. The van der Waals surface area contributed by atoms with Gasteiger partial charge in [0.25, 0.3) is 5.91 Å². The first-order valence-electron chi connectivity index (χ1n) is 6.64. The van der Waals surface area contributed by atoms with Crippen molar-refractivity contribution in [1.82, 2.24) is 20.1 Å². The minimum Gasteiger partial charge on any atom is -0.350 e. The highest BCUT2D eigenvalue weighted by molar-refractivity contribution is 7.13. The van der Waals surface area contributed by atoms with Crippen molar-refractivity contribution >= 4 is 17.2 Å². The van der Waals surface area contributed by atoms with Crippen LogP contribution in [0.25, 0.3) is 16.4 Å². The fourth-order valence-electron chi connectivity index (χ4n) is 1.96. The minimum atomic E-state index is -0.259. The maximum absolute atomic E-state index is 12.0. The summed E-state index contributed by atoms with van der Waals surface area (Å²) in [4.78, 5) is 17.3. The number of thiophene rings is 1. The van der Waals surface area contributed by atoms with Gasteiger partial charge in [-0.1, -0.05) is 24.3 Å². The molecule has 0 saturated heterocycles. The van der Waals surface area contributed by atoms with Crippen molar-refractivity contribution < 1.29 is 4.79 Å². The highest BCUT2D eigenvalue weighted by Gasteiger charge is 2.18. The van der Waals surface area contributed by atoms with Crippen LogP contribution in [0.2, 0.25) is 0 Å². The van der Waals surface area contributed by atoms with Gasteiger partial charge in [0.05, 0.1) is 10.6 Å². The highest BCUT2D eigenvalue weighted by atomic mass is 32.1. The average molecular weight is 298 g/mol. The van der Waals surface area contributed by atoms with Gasteiger partial charge >= 0.3 is 0 Å². The van der Waals surface area contributed by atoms with Crippen LogP contribution in [0.4, 0.5) is 0 Å². The predicted octanol–water partition coefficient (Wildman–Crippen LogP) is 2.75. The predicted molar refractivity (Wildman–Crippen MR) is 82.7 cm³/mol. The first-order chi connectivity index (χ1) is 10.3. The summed E-state index contributed by atoms with van der Waals surface area (Å²) in [5.41, 5.74) is 0.879. The number of benzene rings is 1. The Labute approximate surface area is 126 Å². The number of nitrogens with zero attached hydrogens (tertiary/aromatic N) is 3. The molecular formula is C15H14N4OS. The third-order valence-corrected chi connectivity index (χ3v) is 3.76. The number of rotatable bonds is 4. The van der Waals surface area contributed by atoms with Crippen LogP contribution in [0.5, 0.6) is 0 Å². The van der Waals surface area contributed by atoms with Crippen LogP contribution in [-0.4, -0.2) is 27.2 Å². The lowest BCUT2D eigenvalue weighted by molar-refractivity contribution is 0.0945. The van der Waals surface area contributed by atoms with Crippen molar-refractivity contribution in [1.29, 1.82) is 0 Å². The number of para-hydroxylation sites is 1. The maximum atomic E-state index is 12.0. The fraction of sp³-hybridized carbons (Fsp3) is 0.133. The van der Waals surface area contributed by atoms with E-state index in [0.717, 1.165) is 10.6 Å². The Morgan fingerprint density at radius 3 is 2.71 bits per heavy atom. The molecule has 3 rings (SSSR count). The molecule has 2 heterocycles. The van der Waals surface area contributed by atoms with Gasteiger partial charge in [-0.3, -0.25) is 4.79 Å². The van der Waals surface area contributed by atoms with Crippen LogP contribution in [0, 0.1) is 0 Å². The Balaban J connectivity index is 2.11. The lowest BCUT2D eigenvalue weighted by Crippen LogP contribution is -2.24. The van der Waals surface area contributed by atoms with Gasteiger partial charge in [-0.05, 0) is 30.5 Å². The second kappa shape index (κ2) is 5.88. The molecule has 0 atom stereocenters. The summed E-state index contributed by atoms with van der Waals surface area (Å²) in [6, 6.07) is 13.6. The second-order valence-corrected chi connectivity index (χ2v) is 5.29. The molecule has 0 radical (unpaired) electrons. The summed E-state index contributed by atoms with van der Waals surface area (Å²) in [5.74, 6) is 0.603. The molecule has 0 aliphatic rings. The summed E-state index contributed by atoms with van der Waals surface area (Å²) in [6.45, 7) is 2.42. The molecule has 0 saturated carbocycles. The van der Waals surface area contributed by atoms with E-state index in [2.05, 4.69) is 15.4 Å². The largest absolute Gasteiger partial charge is 0.350 e. The molecule has 21 heavy (non-hydrogen) atoms. The molecule has 0 unspecified atom stereocenters. The van der Waals surface area contributed by atoms with Crippen LogP contribution in [0.15, 0.2) is 47.8 Å². The van der Waals surface area contributed by atoms with E-state index in [9.17, 15) is 4.79 Å². The van der Waals surface area contributed by atoms with Gasteiger partial charge in [0.15, 0.2) is 5.82 Å². The molecule has 1 aromatic carbocycles. The van der Waals surface area contributed by atoms with E-state index >= 15 is 0 Å². The third kappa shape index (κ3) is 2.71. The molecule has 3 aromatic rings. The number of aromatic nitrogens is 3. The number of hydrogen-bond acceptors (Lipinski definition) is 4. The number of carbonyl (C=O) groups excluding carboxylic acids is 1. The molecular weight excluding hydrogens is 284 g/mol. The van der Waals surface area contributed by atoms with Crippen LogP contribution in [0.3, 0.4) is 0 Å². The van der Waals surface area contributed by atoms with Crippen molar-refractivity contribution in [3.05, 3.63) is 53.7 Å². The molecule has 1 N–H and O–H groups in total. The van der Waals surface area contributed by atoms with Crippen LogP contribution < -0.4 is 5.32 Å². The Bertz CT molecular complexity index is 734. The van der Waals surface area contributed by atoms with Crippen LogP contribution >= 0.6 is 11.3 Å². The first kappa shape index (κ1) is 13.5. The fourth-order valence-corrected chi connectivity index (χ4v) is 2.66. The standard InChI is InChI=1S/C15H14N4OS/c1-2-16-15(20)13-17-14(12-9-6-10-21-12)19(18-13)11-7-4-3-5-8-11/h3-10H,2H2,1H3,(H,16,20). The lowest BCUT2D eigenvalue weighted by Gasteiger charge is -2.03. The lowest BCUT2D eigenvalue weighted by atomic mass is 10.3. The Hall–Kier alpha value is -2.47. The zero-order valence-electron chi connectivity index (χ0n) is 11.5. The minimum absolute atomic E-state index is 0.184. The smallest absolute Gasteiger partial charge is 0.290 e. The summed E-state index contributed by atoms with van der Waals surface area (Å²) in [6.07, 6.45) is 0. The maximum Gasteiger partial charge on any atom is 0.290 e. The third-order valence-electron chi connectivity index (χ3n) is 2.89. The van der Waals surface area contributed by atoms with E-state index in [1.807, 2.05) is 54.8 Å². The van der Waals surface area contributed by atoms with Crippen LogP contribution in [-0.2, 0) is 0 Å². The summed E-state index contributed by atoms with van der Waals surface area (Å²) >= 11 is 1.57. The average Bonchev–Trinajstić information content (AvgIpc) is 3.17. The number of nitrogens with one attached hydrogen (secondary N) is 1. The SMILES string of the molecule is CCNC(=O)c1nc(-c2cccs2)n(-c2ccccc2)n1. The molecule has 0 fully saturated rings. The zero-order valence-corrected chi connectivity index (χ0v) is 12.3. The van der Waals surface area contributed by atoms with Crippen molar-refractivity contribution in [2.24, 2.45) is 0 Å². The molecule has 106 valence electrons. The molecule has 0 aliphatic heterocycles. The molecule has 5 nitrogen and oxygen atoms in total. The van der Waals surface area contributed by atoms with E-state index in [-0.39, 0.29) is 11.7 Å². The summed E-state index contributed by atoms with van der Waals surface area (Å²) < 4.78 is 1.70. The van der Waals surface area contributed by atoms with E-state index in [4.69, 9.17) is 0 Å². The van der Waals surface area contributed by atoms with Crippen molar-refractivity contribution in [2.75, 3.05) is 6.54 Å². The Morgan fingerprint density at radius 2 is 2.05 bits per heavy atom. The molecule has 0 bridgehead atoms. The van der Waals surface area contributed by atoms with Gasteiger partial charge in [-0.2, -0.15) is 0 Å². The quantitative estimate of drug-likeness (QED) is 0.805. The van der Waals surface area contributed by atoms with Gasteiger partial charge in [-0.25, -0.2) is 9.67 Å². The molecule has 2 aromatic heterocycles.